The van der Waals surface area contributed by atoms with Gasteiger partial charge < -0.3 is 5.11 Å². The van der Waals surface area contributed by atoms with Crippen LogP contribution in [0.25, 0.3) is 0 Å². The summed E-state index contributed by atoms with van der Waals surface area (Å²) in [5, 5.41) is 18.1. The molecule has 1 rings (SSSR count). The molecule has 1 aromatic rings. The summed E-state index contributed by atoms with van der Waals surface area (Å²) in [6.07, 6.45) is -0.0114. The SMILES string of the molecule is CC(C#N)C(O)Cc1ccccc1. The Hall–Kier alpha value is -1.33. The van der Waals surface area contributed by atoms with Crippen LogP contribution in [0.3, 0.4) is 0 Å². The molecular formula is C11H13NO. The van der Waals surface area contributed by atoms with E-state index in [1.54, 1.807) is 6.92 Å². The van der Waals surface area contributed by atoms with E-state index in [0.717, 1.165) is 5.56 Å². The average Bonchev–Trinajstić information content (AvgIpc) is 2.18. The molecule has 0 aliphatic rings. The first-order chi connectivity index (χ1) is 6.24. The van der Waals surface area contributed by atoms with Gasteiger partial charge in [0.05, 0.1) is 18.1 Å². The quantitative estimate of drug-likeness (QED) is 0.760. The fourth-order valence-electron chi connectivity index (χ4n) is 1.12. The van der Waals surface area contributed by atoms with E-state index < -0.39 is 6.10 Å². The molecule has 68 valence electrons. The van der Waals surface area contributed by atoms with E-state index in [9.17, 15) is 5.11 Å². The fourth-order valence-corrected chi connectivity index (χ4v) is 1.12. The zero-order valence-corrected chi connectivity index (χ0v) is 7.64. The van der Waals surface area contributed by atoms with Gasteiger partial charge in [-0.15, -0.1) is 0 Å². The van der Waals surface area contributed by atoms with E-state index in [2.05, 4.69) is 0 Å². The van der Waals surface area contributed by atoms with Crippen molar-refractivity contribution in [3.8, 4) is 6.07 Å². The number of aliphatic hydroxyl groups is 1. The number of hydrogen-bond acceptors (Lipinski definition) is 2. The Labute approximate surface area is 78.4 Å². The van der Waals surface area contributed by atoms with Crippen molar-refractivity contribution in [3.63, 3.8) is 0 Å². The summed E-state index contributed by atoms with van der Waals surface area (Å²) in [5.41, 5.74) is 1.07. The van der Waals surface area contributed by atoms with Gasteiger partial charge in [-0.3, -0.25) is 0 Å². The summed E-state index contributed by atoms with van der Waals surface area (Å²) in [5.74, 6) is -0.305. The van der Waals surface area contributed by atoms with Crippen LogP contribution in [-0.2, 0) is 6.42 Å². The molecule has 0 radical (unpaired) electrons. The Morgan fingerprint density at radius 3 is 2.54 bits per heavy atom. The van der Waals surface area contributed by atoms with E-state index in [1.165, 1.54) is 0 Å². The Balaban J connectivity index is 2.56. The van der Waals surface area contributed by atoms with Gasteiger partial charge in [0.1, 0.15) is 0 Å². The molecule has 0 aliphatic heterocycles. The summed E-state index contributed by atoms with van der Waals surface area (Å²) in [7, 11) is 0. The summed E-state index contributed by atoms with van der Waals surface area (Å²) in [6.45, 7) is 1.73. The molecule has 0 spiro atoms. The lowest BCUT2D eigenvalue weighted by Crippen LogP contribution is -2.18. The molecule has 0 aliphatic carbocycles. The summed E-state index contributed by atoms with van der Waals surface area (Å²) >= 11 is 0. The van der Waals surface area contributed by atoms with E-state index in [-0.39, 0.29) is 5.92 Å². The Bertz CT molecular complexity index is 289. The third-order valence-electron chi connectivity index (χ3n) is 2.07. The minimum atomic E-state index is -0.563. The lowest BCUT2D eigenvalue weighted by atomic mass is 9.99. The molecule has 13 heavy (non-hydrogen) atoms. The summed E-state index contributed by atoms with van der Waals surface area (Å²) in [4.78, 5) is 0. The zero-order chi connectivity index (χ0) is 9.68. The smallest absolute Gasteiger partial charge is 0.0735 e. The highest BCUT2D eigenvalue weighted by atomic mass is 16.3. The number of rotatable bonds is 3. The molecule has 2 unspecified atom stereocenters. The van der Waals surface area contributed by atoms with Gasteiger partial charge in [0.25, 0.3) is 0 Å². The van der Waals surface area contributed by atoms with Crippen LogP contribution in [0.5, 0.6) is 0 Å². The molecule has 2 heteroatoms. The number of benzene rings is 1. The standard InChI is InChI=1S/C11H13NO/c1-9(8-12)11(13)7-10-5-3-2-4-6-10/h2-6,9,11,13H,7H2,1H3. The van der Waals surface area contributed by atoms with Gasteiger partial charge in [0.2, 0.25) is 0 Å². The number of aliphatic hydroxyl groups excluding tert-OH is 1. The Morgan fingerprint density at radius 1 is 1.38 bits per heavy atom. The maximum atomic E-state index is 9.55. The van der Waals surface area contributed by atoms with Crippen LogP contribution in [0.15, 0.2) is 30.3 Å². The predicted molar refractivity (Wildman–Crippen MR) is 50.9 cm³/mol. The van der Waals surface area contributed by atoms with Crippen molar-refractivity contribution in [1.82, 2.24) is 0 Å². The van der Waals surface area contributed by atoms with Crippen LogP contribution in [0.1, 0.15) is 12.5 Å². The van der Waals surface area contributed by atoms with Gasteiger partial charge in [-0.2, -0.15) is 5.26 Å². The first-order valence-electron chi connectivity index (χ1n) is 4.35. The van der Waals surface area contributed by atoms with Gasteiger partial charge in [0.15, 0.2) is 0 Å². The van der Waals surface area contributed by atoms with E-state index >= 15 is 0 Å². The van der Waals surface area contributed by atoms with Gasteiger partial charge in [-0.05, 0) is 18.9 Å². The minimum Gasteiger partial charge on any atom is -0.391 e. The molecule has 2 nitrogen and oxygen atoms in total. The second kappa shape index (κ2) is 4.64. The molecule has 0 fully saturated rings. The second-order valence-electron chi connectivity index (χ2n) is 3.17. The first kappa shape index (κ1) is 9.76. The van der Waals surface area contributed by atoms with Crippen molar-refractivity contribution >= 4 is 0 Å². The van der Waals surface area contributed by atoms with Crippen LogP contribution in [0, 0.1) is 17.2 Å². The summed E-state index contributed by atoms with van der Waals surface area (Å²) in [6, 6.07) is 11.7. The maximum Gasteiger partial charge on any atom is 0.0735 e. The topological polar surface area (TPSA) is 44.0 Å². The van der Waals surface area contributed by atoms with Crippen molar-refractivity contribution in [3.05, 3.63) is 35.9 Å². The molecule has 0 bridgehead atoms. The third-order valence-corrected chi connectivity index (χ3v) is 2.07. The van der Waals surface area contributed by atoms with Gasteiger partial charge in [-0.25, -0.2) is 0 Å². The highest BCUT2D eigenvalue weighted by Gasteiger charge is 2.13. The fraction of sp³-hybridized carbons (Fsp3) is 0.364. The van der Waals surface area contributed by atoms with E-state index in [4.69, 9.17) is 5.26 Å². The zero-order valence-electron chi connectivity index (χ0n) is 7.64. The second-order valence-corrected chi connectivity index (χ2v) is 3.17. The van der Waals surface area contributed by atoms with Gasteiger partial charge in [-0.1, -0.05) is 30.3 Å². The van der Waals surface area contributed by atoms with Crippen LogP contribution in [0.2, 0.25) is 0 Å². The summed E-state index contributed by atoms with van der Waals surface area (Å²) < 4.78 is 0. The van der Waals surface area contributed by atoms with Gasteiger partial charge >= 0.3 is 0 Å². The predicted octanol–water partition coefficient (Wildman–Crippen LogP) is 1.75. The maximum absolute atomic E-state index is 9.55. The highest BCUT2D eigenvalue weighted by Crippen LogP contribution is 2.09. The molecular weight excluding hydrogens is 162 g/mol. The van der Waals surface area contributed by atoms with Crippen LogP contribution in [-0.4, -0.2) is 11.2 Å². The van der Waals surface area contributed by atoms with Crippen LogP contribution < -0.4 is 0 Å². The molecule has 0 saturated heterocycles. The van der Waals surface area contributed by atoms with Crippen molar-refractivity contribution in [2.24, 2.45) is 5.92 Å². The molecule has 0 saturated carbocycles. The lowest BCUT2D eigenvalue weighted by Gasteiger charge is -2.11. The van der Waals surface area contributed by atoms with Crippen molar-refractivity contribution in [2.45, 2.75) is 19.4 Å². The lowest BCUT2D eigenvalue weighted by molar-refractivity contribution is 0.141. The molecule has 0 amide bonds. The molecule has 0 aromatic heterocycles. The van der Waals surface area contributed by atoms with Crippen molar-refractivity contribution in [2.75, 3.05) is 0 Å². The first-order valence-corrected chi connectivity index (χ1v) is 4.35. The molecule has 1 N–H and O–H groups in total. The van der Waals surface area contributed by atoms with Gasteiger partial charge in [0, 0.05) is 0 Å². The average molecular weight is 175 g/mol. The van der Waals surface area contributed by atoms with E-state index in [1.807, 2.05) is 36.4 Å². The van der Waals surface area contributed by atoms with Crippen molar-refractivity contribution in [1.29, 1.82) is 5.26 Å². The number of hydrogen-bond donors (Lipinski definition) is 1. The number of nitriles is 1. The number of nitrogens with zero attached hydrogens (tertiary/aromatic N) is 1. The Kier molecular flexibility index (Phi) is 3.48. The largest absolute Gasteiger partial charge is 0.391 e. The van der Waals surface area contributed by atoms with Crippen molar-refractivity contribution < 1.29 is 5.11 Å². The Morgan fingerprint density at radius 2 is 2.00 bits per heavy atom. The minimum absolute atomic E-state index is 0.305. The normalized spacial score (nSPS) is 14.5. The monoisotopic (exact) mass is 175 g/mol. The van der Waals surface area contributed by atoms with E-state index in [0.29, 0.717) is 6.42 Å². The molecule has 0 heterocycles. The third kappa shape index (κ3) is 2.89. The molecule has 2 atom stereocenters. The van der Waals surface area contributed by atoms with Crippen LogP contribution >= 0.6 is 0 Å². The highest BCUT2D eigenvalue weighted by molar-refractivity contribution is 5.16. The van der Waals surface area contributed by atoms with Crippen LogP contribution in [0.4, 0.5) is 0 Å². The molecule has 1 aromatic carbocycles.